The van der Waals surface area contributed by atoms with Gasteiger partial charge in [0, 0.05) is 47.8 Å². The number of rotatable bonds is 7. The maximum atomic E-state index is 12.9. The molecule has 4 rings (SSSR count). The molecule has 2 N–H and O–H groups in total. The number of hydrogen-bond acceptors (Lipinski definition) is 5. The number of benzene rings is 1. The molecule has 1 aliphatic carbocycles. The van der Waals surface area contributed by atoms with Gasteiger partial charge in [-0.25, -0.2) is 0 Å². The van der Waals surface area contributed by atoms with Gasteiger partial charge in [0.15, 0.2) is 0 Å². The highest BCUT2D eigenvalue weighted by Gasteiger charge is 2.41. The number of aliphatic hydroxyl groups excluding tert-OH is 1. The van der Waals surface area contributed by atoms with Crippen LogP contribution in [0.25, 0.3) is 0 Å². The monoisotopic (exact) mass is 509 g/mol. The lowest BCUT2D eigenvalue weighted by molar-refractivity contribution is -0.184. The van der Waals surface area contributed by atoms with Crippen molar-refractivity contribution >= 4 is 16.7 Å². The van der Waals surface area contributed by atoms with Gasteiger partial charge in [0.05, 0.1) is 29.8 Å². The summed E-state index contributed by atoms with van der Waals surface area (Å²) < 4.78 is 50.3. The first-order chi connectivity index (χ1) is 16.6. The van der Waals surface area contributed by atoms with Gasteiger partial charge in [0.2, 0.25) is 0 Å². The largest absolute Gasteiger partial charge is 0.394 e. The lowest BCUT2D eigenvalue weighted by Gasteiger charge is -2.32. The Hall–Kier alpha value is -2.30. The normalized spacial score (nSPS) is 22.4. The van der Waals surface area contributed by atoms with Crippen molar-refractivity contribution in [3.8, 4) is 0 Å². The lowest BCUT2D eigenvalue weighted by atomic mass is 9.81. The van der Waals surface area contributed by atoms with Crippen LogP contribution in [0.3, 0.4) is 0 Å². The number of amides is 1. The number of alkyl halides is 3. The van der Waals surface area contributed by atoms with E-state index >= 15 is 0 Å². The Morgan fingerprint density at radius 2 is 1.89 bits per heavy atom. The molecule has 0 bridgehead atoms. The minimum atomic E-state index is -4.09. The molecule has 1 aromatic carbocycles. The summed E-state index contributed by atoms with van der Waals surface area (Å²) in [7, 11) is -1.11. The fourth-order valence-corrected chi connectivity index (χ4v) is 5.50. The van der Waals surface area contributed by atoms with Crippen molar-refractivity contribution in [2.75, 3.05) is 19.4 Å². The van der Waals surface area contributed by atoms with E-state index in [2.05, 4.69) is 15.2 Å². The molecule has 2 atom stereocenters. The van der Waals surface area contributed by atoms with Crippen LogP contribution in [0.1, 0.15) is 58.9 Å². The summed E-state index contributed by atoms with van der Waals surface area (Å²) >= 11 is 0. The van der Waals surface area contributed by atoms with E-state index in [1.54, 1.807) is 36.6 Å². The van der Waals surface area contributed by atoms with Crippen molar-refractivity contribution < 1.29 is 27.3 Å². The molecule has 1 aromatic heterocycles. The standard InChI is InChI=1S/C25H30F3N3O3S/c1-35(34)21-8-4-17(5-9-21)23(15-32)30-24(33)18-10-19-13-31(14-22(19)29-11-18)12-16-2-6-20(7-3-16)25(26,27)28/h4-5,8-11,16,20,23,32H,2-3,6-7,12-15H2,1H3,(H,30,33). The van der Waals surface area contributed by atoms with E-state index in [9.17, 15) is 27.3 Å². The molecule has 35 heavy (non-hydrogen) atoms. The fraction of sp³-hybridized carbons (Fsp3) is 0.520. The van der Waals surface area contributed by atoms with E-state index in [-0.39, 0.29) is 31.3 Å². The number of nitrogens with one attached hydrogen (secondary N) is 1. The molecule has 2 heterocycles. The average molecular weight is 510 g/mol. The van der Waals surface area contributed by atoms with Gasteiger partial charge in [-0.1, -0.05) is 12.1 Å². The predicted molar refractivity (Wildman–Crippen MR) is 126 cm³/mol. The van der Waals surface area contributed by atoms with Crippen molar-refractivity contribution in [3.63, 3.8) is 0 Å². The number of nitrogens with zero attached hydrogens (tertiary/aromatic N) is 2. The first-order valence-corrected chi connectivity index (χ1v) is 13.3. The number of carbonyl (C=O) groups excluding carboxylic acids is 1. The van der Waals surface area contributed by atoms with E-state index in [1.807, 2.05) is 0 Å². The molecule has 10 heteroatoms. The van der Waals surface area contributed by atoms with Crippen molar-refractivity contribution in [1.82, 2.24) is 15.2 Å². The summed E-state index contributed by atoms with van der Waals surface area (Å²) in [4.78, 5) is 20.2. The molecular formula is C25H30F3N3O3S. The summed E-state index contributed by atoms with van der Waals surface area (Å²) in [5.41, 5.74) is 2.92. The number of halogens is 3. The molecule has 0 saturated heterocycles. The lowest BCUT2D eigenvalue weighted by Crippen LogP contribution is -2.32. The zero-order chi connectivity index (χ0) is 25.2. The SMILES string of the molecule is CS(=O)c1ccc(C(CO)NC(=O)c2cnc3c(c2)CN(CC2CCC(C(F)(F)F)CC2)C3)cc1. The molecule has 1 aliphatic heterocycles. The molecule has 1 fully saturated rings. The number of aliphatic hydroxyl groups is 1. The summed E-state index contributed by atoms with van der Waals surface area (Å²) in [5, 5.41) is 12.6. The zero-order valence-corrected chi connectivity index (χ0v) is 20.4. The average Bonchev–Trinajstić information content (AvgIpc) is 3.23. The van der Waals surface area contributed by atoms with Crippen molar-refractivity contribution in [2.24, 2.45) is 11.8 Å². The van der Waals surface area contributed by atoms with Crippen LogP contribution in [0.2, 0.25) is 0 Å². The summed E-state index contributed by atoms with van der Waals surface area (Å²) in [5.74, 6) is -1.28. The highest BCUT2D eigenvalue weighted by atomic mass is 32.2. The molecule has 1 saturated carbocycles. The van der Waals surface area contributed by atoms with Crippen LogP contribution in [0.15, 0.2) is 41.4 Å². The minimum Gasteiger partial charge on any atom is -0.394 e. The van der Waals surface area contributed by atoms with Crippen molar-refractivity contribution in [1.29, 1.82) is 0 Å². The van der Waals surface area contributed by atoms with E-state index in [4.69, 9.17) is 0 Å². The second-order valence-electron chi connectivity index (χ2n) is 9.49. The smallest absolute Gasteiger partial charge is 0.391 e. The Labute approximate surface area is 205 Å². The molecule has 190 valence electrons. The predicted octanol–water partition coefficient (Wildman–Crippen LogP) is 3.97. The van der Waals surface area contributed by atoms with E-state index < -0.39 is 28.9 Å². The van der Waals surface area contributed by atoms with Crippen molar-refractivity contribution in [3.05, 3.63) is 58.9 Å². The summed E-state index contributed by atoms with van der Waals surface area (Å²) in [6, 6.07) is 8.08. The Bertz CT molecular complexity index is 1070. The first-order valence-electron chi connectivity index (χ1n) is 11.8. The first kappa shape index (κ1) is 25.8. The van der Waals surface area contributed by atoms with Crippen LogP contribution in [0, 0.1) is 11.8 Å². The third-order valence-electron chi connectivity index (χ3n) is 7.02. The van der Waals surface area contributed by atoms with Crippen LogP contribution in [0.4, 0.5) is 13.2 Å². The molecule has 2 aromatic rings. The van der Waals surface area contributed by atoms with Gasteiger partial charge in [-0.15, -0.1) is 0 Å². The topological polar surface area (TPSA) is 82.5 Å². The van der Waals surface area contributed by atoms with Crippen LogP contribution in [-0.2, 0) is 23.9 Å². The third kappa shape index (κ3) is 6.29. The van der Waals surface area contributed by atoms with Crippen LogP contribution >= 0.6 is 0 Å². The molecule has 2 aliphatic rings. The number of hydrogen-bond donors (Lipinski definition) is 2. The maximum Gasteiger partial charge on any atom is 0.391 e. The summed E-state index contributed by atoms with van der Waals surface area (Å²) in [6.45, 7) is 1.68. The van der Waals surface area contributed by atoms with Gasteiger partial charge < -0.3 is 10.4 Å². The molecule has 0 spiro atoms. The minimum absolute atomic E-state index is 0.197. The van der Waals surface area contributed by atoms with Gasteiger partial charge >= 0.3 is 6.18 Å². The highest BCUT2D eigenvalue weighted by molar-refractivity contribution is 7.84. The molecule has 6 nitrogen and oxygen atoms in total. The molecule has 0 radical (unpaired) electrons. The third-order valence-corrected chi connectivity index (χ3v) is 7.95. The van der Waals surface area contributed by atoms with E-state index in [0.29, 0.717) is 42.0 Å². The fourth-order valence-electron chi connectivity index (χ4n) is 4.99. The van der Waals surface area contributed by atoms with E-state index in [0.717, 1.165) is 17.8 Å². The summed E-state index contributed by atoms with van der Waals surface area (Å²) in [6.07, 6.45) is 0.561. The quantitative estimate of drug-likeness (QED) is 0.590. The van der Waals surface area contributed by atoms with Gasteiger partial charge in [-0.2, -0.15) is 13.2 Å². The van der Waals surface area contributed by atoms with Gasteiger partial charge in [-0.05, 0) is 60.9 Å². The maximum absolute atomic E-state index is 12.9. The number of aromatic nitrogens is 1. The number of fused-ring (bicyclic) bond motifs is 1. The Morgan fingerprint density at radius 1 is 1.20 bits per heavy atom. The van der Waals surface area contributed by atoms with Crippen LogP contribution < -0.4 is 5.32 Å². The molecular weight excluding hydrogens is 479 g/mol. The van der Waals surface area contributed by atoms with Gasteiger partial charge in [0.25, 0.3) is 5.91 Å². The Morgan fingerprint density at radius 3 is 2.49 bits per heavy atom. The molecule has 1 amide bonds. The van der Waals surface area contributed by atoms with E-state index in [1.165, 1.54) is 6.20 Å². The highest BCUT2D eigenvalue weighted by Crippen LogP contribution is 2.40. The Kier molecular flexibility index (Phi) is 7.92. The molecule has 2 unspecified atom stereocenters. The Balaban J connectivity index is 1.34. The van der Waals surface area contributed by atoms with Gasteiger partial charge in [0.1, 0.15) is 0 Å². The van der Waals surface area contributed by atoms with Crippen LogP contribution in [0.5, 0.6) is 0 Å². The van der Waals surface area contributed by atoms with Crippen LogP contribution in [-0.4, -0.2) is 50.7 Å². The van der Waals surface area contributed by atoms with Gasteiger partial charge in [-0.3, -0.25) is 18.9 Å². The second kappa shape index (κ2) is 10.8. The second-order valence-corrected chi connectivity index (χ2v) is 10.9. The zero-order valence-electron chi connectivity index (χ0n) is 19.6. The number of pyridine rings is 1. The van der Waals surface area contributed by atoms with Crippen molar-refractivity contribution in [2.45, 2.75) is 55.9 Å². The number of carbonyl (C=O) groups is 1.